The first-order valence-electron chi connectivity index (χ1n) is 9.93. The number of hydrogen-bond acceptors (Lipinski definition) is 6. The molecule has 4 aromatic rings. The number of carbonyl (C=O) groups is 1. The Morgan fingerprint density at radius 1 is 1.00 bits per heavy atom. The van der Waals surface area contributed by atoms with Crippen molar-refractivity contribution in [1.29, 1.82) is 0 Å². The second-order valence-corrected chi connectivity index (χ2v) is 7.80. The average molecular weight is 447 g/mol. The summed E-state index contributed by atoms with van der Waals surface area (Å²) in [6, 6.07) is 24.0. The molecule has 32 heavy (non-hydrogen) atoms. The maximum atomic E-state index is 12.3. The lowest BCUT2D eigenvalue weighted by molar-refractivity contribution is -0.116. The molecule has 0 aliphatic rings. The number of ether oxygens (including phenoxy) is 1. The van der Waals surface area contributed by atoms with Gasteiger partial charge in [0.1, 0.15) is 11.5 Å². The molecule has 1 aromatic heterocycles. The zero-order valence-corrected chi connectivity index (χ0v) is 18.5. The summed E-state index contributed by atoms with van der Waals surface area (Å²) >= 11 is 1.37. The van der Waals surface area contributed by atoms with Crippen LogP contribution in [0.1, 0.15) is 6.92 Å². The van der Waals surface area contributed by atoms with Gasteiger partial charge >= 0.3 is 0 Å². The predicted molar refractivity (Wildman–Crippen MR) is 125 cm³/mol. The fourth-order valence-corrected chi connectivity index (χ4v) is 4.30. The molecule has 0 saturated carbocycles. The Morgan fingerprint density at radius 3 is 2.41 bits per heavy atom. The van der Waals surface area contributed by atoms with E-state index in [1.165, 1.54) is 18.7 Å². The maximum absolute atomic E-state index is 12.3. The van der Waals surface area contributed by atoms with Crippen molar-refractivity contribution in [2.24, 2.45) is 0 Å². The Labute approximate surface area is 190 Å². The van der Waals surface area contributed by atoms with Crippen LogP contribution in [0.15, 0.2) is 84.0 Å². The number of benzene rings is 3. The third-order valence-corrected chi connectivity index (χ3v) is 5.78. The number of thioether (sulfide) groups is 1. The Hall–Kier alpha value is -3.78. The molecule has 7 nitrogen and oxygen atoms in total. The van der Waals surface area contributed by atoms with Crippen molar-refractivity contribution in [2.45, 2.75) is 12.1 Å². The van der Waals surface area contributed by atoms with Crippen molar-refractivity contribution in [3.8, 4) is 28.6 Å². The highest BCUT2D eigenvalue weighted by atomic mass is 32.2. The zero-order chi connectivity index (χ0) is 22.5. The van der Waals surface area contributed by atoms with Crippen LogP contribution in [0.5, 0.6) is 11.5 Å². The van der Waals surface area contributed by atoms with E-state index in [0.717, 1.165) is 11.4 Å². The van der Waals surface area contributed by atoms with E-state index in [1.54, 1.807) is 30.2 Å². The third kappa shape index (κ3) is 4.31. The van der Waals surface area contributed by atoms with Gasteiger partial charge in [-0.1, -0.05) is 54.2 Å². The number of phenolic OH excluding ortho intramolecular Hbond substituents is 1. The van der Waals surface area contributed by atoms with Crippen molar-refractivity contribution in [1.82, 2.24) is 14.8 Å². The van der Waals surface area contributed by atoms with Crippen LogP contribution in [0.4, 0.5) is 5.69 Å². The molecule has 3 aromatic carbocycles. The van der Waals surface area contributed by atoms with E-state index in [-0.39, 0.29) is 11.7 Å². The molecule has 1 amide bonds. The Balaban J connectivity index is 1.77. The van der Waals surface area contributed by atoms with Crippen molar-refractivity contribution < 1.29 is 14.6 Å². The van der Waals surface area contributed by atoms with Crippen LogP contribution in [-0.2, 0) is 4.79 Å². The summed E-state index contributed by atoms with van der Waals surface area (Å²) in [4.78, 5) is 14.0. The molecule has 0 unspecified atom stereocenters. The van der Waals surface area contributed by atoms with Gasteiger partial charge in [0.25, 0.3) is 0 Å². The molecule has 0 aliphatic heterocycles. The van der Waals surface area contributed by atoms with Crippen molar-refractivity contribution in [2.75, 3.05) is 17.9 Å². The standard InChI is InChI=1S/C24H22N4O3S/c1-17(29)27(18-10-4-3-5-11-18)16-32-24-26-25-23(19-12-6-8-14-21(19)30)28(24)20-13-7-9-15-22(20)31-2/h3-15,30H,16H2,1-2H3. The summed E-state index contributed by atoms with van der Waals surface area (Å²) in [6.45, 7) is 1.53. The van der Waals surface area contributed by atoms with Gasteiger partial charge in [-0.2, -0.15) is 0 Å². The van der Waals surface area contributed by atoms with Crippen LogP contribution in [0.25, 0.3) is 17.1 Å². The van der Waals surface area contributed by atoms with Crippen molar-refractivity contribution in [3.63, 3.8) is 0 Å². The SMILES string of the molecule is COc1ccccc1-n1c(SCN(C(C)=O)c2ccccc2)nnc1-c1ccccc1O. The lowest BCUT2D eigenvalue weighted by atomic mass is 10.2. The zero-order valence-electron chi connectivity index (χ0n) is 17.7. The molecular formula is C24H22N4O3S. The Morgan fingerprint density at radius 2 is 1.69 bits per heavy atom. The first kappa shape index (κ1) is 21.5. The van der Waals surface area contributed by atoms with Crippen LogP contribution in [0, 0.1) is 0 Å². The van der Waals surface area contributed by atoms with E-state index in [2.05, 4.69) is 10.2 Å². The summed E-state index contributed by atoms with van der Waals surface area (Å²) in [7, 11) is 1.60. The molecule has 1 heterocycles. The molecule has 162 valence electrons. The number of para-hydroxylation sites is 4. The van der Waals surface area contributed by atoms with Gasteiger partial charge in [-0.05, 0) is 36.4 Å². The van der Waals surface area contributed by atoms with Gasteiger partial charge in [0.15, 0.2) is 11.0 Å². The summed E-state index contributed by atoms with van der Waals surface area (Å²) in [5.74, 6) is 1.48. The van der Waals surface area contributed by atoms with Gasteiger partial charge < -0.3 is 14.7 Å². The van der Waals surface area contributed by atoms with Crippen LogP contribution in [0.3, 0.4) is 0 Å². The van der Waals surface area contributed by atoms with Gasteiger partial charge in [0.2, 0.25) is 5.91 Å². The first-order chi connectivity index (χ1) is 15.6. The van der Waals surface area contributed by atoms with E-state index in [0.29, 0.717) is 28.2 Å². The molecule has 0 saturated heterocycles. The van der Waals surface area contributed by atoms with Crippen molar-refractivity contribution in [3.05, 3.63) is 78.9 Å². The van der Waals surface area contributed by atoms with Crippen molar-refractivity contribution >= 4 is 23.4 Å². The molecule has 0 aliphatic carbocycles. The van der Waals surface area contributed by atoms with Gasteiger partial charge in [-0.15, -0.1) is 10.2 Å². The summed E-state index contributed by atoms with van der Waals surface area (Å²) < 4.78 is 7.40. The second kappa shape index (κ2) is 9.57. The number of anilines is 1. The Bertz CT molecular complexity index is 1230. The predicted octanol–water partition coefficient (Wildman–Crippen LogP) is 4.75. The molecule has 0 fully saturated rings. The number of aromatic hydroxyl groups is 1. The molecule has 4 rings (SSSR count). The molecular weight excluding hydrogens is 424 g/mol. The molecule has 0 atom stereocenters. The quantitative estimate of drug-likeness (QED) is 0.326. The molecule has 1 N–H and O–H groups in total. The van der Waals surface area contributed by atoms with E-state index < -0.39 is 0 Å². The van der Waals surface area contributed by atoms with E-state index in [1.807, 2.05) is 65.2 Å². The number of amides is 1. The second-order valence-electron chi connectivity index (χ2n) is 6.89. The minimum absolute atomic E-state index is 0.0759. The number of methoxy groups -OCH3 is 1. The highest BCUT2D eigenvalue weighted by molar-refractivity contribution is 7.99. The van der Waals surface area contributed by atoms with Crippen LogP contribution in [-0.4, -0.2) is 38.8 Å². The number of carbonyl (C=O) groups excluding carboxylic acids is 1. The normalized spacial score (nSPS) is 10.7. The third-order valence-electron chi connectivity index (χ3n) is 4.88. The lowest BCUT2D eigenvalue weighted by Gasteiger charge is -2.21. The van der Waals surface area contributed by atoms with E-state index in [9.17, 15) is 9.90 Å². The molecule has 0 radical (unpaired) electrons. The van der Waals surface area contributed by atoms with Gasteiger partial charge in [-0.25, -0.2) is 0 Å². The topological polar surface area (TPSA) is 80.5 Å². The fraction of sp³-hybridized carbons (Fsp3) is 0.125. The monoisotopic (exact) mass is 446 g/mol. The molecule has 0 bridgehead atoms. The number of hydrogen-bond donors (Lipinski definition) is 1. The van der Waals surface area contributed by atoms with E-state index in [4.69, 9.17) is 4.74 Å². The van der Waals surface area contributed by atoms with Gasteiger partial charge in [0, 0.05) is 12.6 Å². The summed E-state index contributed by atoms with van der Waals surface area (Å²) in [5, 5.41) is 19.8. The number of nitrogens with zero attached hydrogens (tertiary/aromatic N) is 4. The average Bonchev–Trinajstić information content (AvgIpc) is 3.23. The first-order valence-corrected chi connectivity index (χ1v) is 10.9. The van der Waals surface area contributed by atoms with Gasteiger partial charge in [0.05, 0.1) is 24.2 Å². The highest BCUT2D eigenvalue weighted by Crippen LogP contribution is 2.36. The van der Waals surface area contributed by atoms with Crippen LogP contribution >= 0.6 is 11.8 Å². The van der Waals surface area contributed by atoms with Gasteiger partial charge in [-0.3, -0.25) is 9.36 Å². The smallest absolute Gasteiger partial charge is 0.224 e. The van der Waals surface area contributed by atoms with Crippen LogP contribution < -0.4 is 9.64 Å². The molecule has 8 heteroatoms. The molecule has 0 spiro atoms. The van der Waals surface area contributed by atoms with E-state index >= 15 is 0 Å². The number of aromatic nitrogens is 3. The maximum Gasteiger partial charge on any atom is 0.224 e. The number of rotatable bonds is 7. The highest BCUT2D eigenvalue weighted by Gasteiger charge is 2.22. The Kier molecular flexibility index (Phi) is 6.42. The number of phenols is 1. The minimum atomic E-state index is -0.0759. The summed E-state index contributed by atoms with van der Waals surface area (Å²) in [5.41, 5.74) is 2.08. The van der Waals surface area contributed by atoms with Crippen LogP contribution in [0.2, 0.25) is 0 Å². The fourth-order valence-electron chi connectivity index (χ4n) is 3.31. The minimum Gasteiger partial charge on any atom is -0.507 e. The lowest BCUT2D eigenvalue weighted by Crippen LogP contribution is -2.28. The summed E-state index contributed by atoms with van der Waals surface area (Å²) in [6.07, 6.45) is 0. The largest absolute Gasteiger partial charge is 0.507 e.